The van der Waals surface area contributed by atoms with Crippen LogP contribution in [0.3, 0.4) is 0 Å². The summed E-state index contributed by atoms with van der Waals surface area (Å²) in [7, 11) is 4.46. The zero-order valence-electron chi connectivity index (χ0n) is 20.8. The van der Waals surface area contributed by atoms with E-state index >= 15 is 0 Å². The van der Waals surface area contributed by atoms with Crippen LogP contribution in [0.2, 0.25) is 0 Å². The van der Waals surface area contributed by atoms with Crippen molar-refractivity contribution in [3.63, 3.8) is 0 Å². The van der Waals surface area contributed by atoms with Crippen LogP contribution in [-0.4, -0.2) is 54.0 Å². The number of anilines is 1. The molecular weight excluding hydrogens is 534 g/mol. The van der Waals surface area contributed by atoms with Crippen LogP contribution in [0.4, 0.5) is 5.00 Å². The number of rotatable bonds is 7. The van der Waals surface area contributed by atoms with Gasteiger partial charge in [0.15, 0.2) is 4.80 Å². The fourth-order valence-corrected chi connectivity index (χ4v) is 7.13. The second kappa shape index (κ2) is 12.1. The number of thiazole rings is 1. The molecule has 0 atom stereocenters. The van der Waals surface area contributed by atoms with E-state index in [1.807, 2.05) is 0 Å². The summed E-state index contributed by atoms with van der Waals surface area (Å²) < 4.78 is 12.3. The first-order chi connectivity index (χ1) is 17.8. The number of hydrogen-bond acceptors (Lipinski definition) is 9. The van der Waals surface area contributed by atoms with Crippen LogP contribution in [-0.2, 0) is 39.0 Å². The number of carbonyl (C=O) groups is 4. The van der Waals surface area contributed by atoms with Crippen molar-refractivity contribution in [1.29, 1.82) is 0 Å². The van der Waals surface area contributed by atoms with E-state index in [2.05, 4.69) is 10.3 Å². The fourth-order valence-electron chi connectivity index (χ4n) is 4.17. The molecule has 1 aliphatic carbocycles. The molecule has 0 aliphatic heterocycles. The molecule has 4 rings (SSSR count). The number of aryl methyl sites for hydroxylation is 2. The molecule has 1 N–H and O–H groups in total. The minimum Gasteiger partial charge on any atom is -0.465 e. The van der Waals surface area contributed by atoms with Gasteiger partial charge < -0.3 is 19.4 Å². The van der Waals surface area contributed by atoms with E-state index in [9.17, 15) is 19.2 Å². The van der Waals surface area contributed by atoms with Crippen LogP contribution in [0.15, 0.2) is 23.2 Å². The Hall–Kier alpha value is -2.96. The molecule has 2 aromatic heterocycles. The molecule has 0 radical (unpaired) electrons. The van der Waals surface area contributed by atoms with Gasteiger partial charge >= 0.3 is 11.9 Å². The quantitative estimate of drug-likeness (QED) is 0.343. The van der Waals surface area contributed by atoms with Gasteiger partial charge in [0.2, 0.25) is 5.91 Å². The third-order valence-corrected chi connectivity index (χ3v) is 9.19. The van der Waals surface area contributed by atoms with Gasteiger partial charge in [-0.1, -0.05) is 17.8 Å². The molecule has 0 saturated carbocycles. The Balaban J connectivity index is 1.39. The lowest BCUT2D eigenvalue weighted by molar-refractivity contribution is -0.115. The van der Waals surface area contributed by atoms with Gasteiger partial charge in [-0.2, -0.15) is 4.99 Å². The van der Waals surface area contributed by atoms with Crippen LogP contribution in [0.1, 0.15) is 50.4 Å². The van der Waals surface area contributed by atoms with E-state index in [0.717, 1.165) is 64.5 Å². The Morgan fingerprint density at radius 1 is 1.03 bits per heavy atom. The van der Waals surface area contributed by atoms with Gasteiger partial charge in [-0.25, -0.2) is 9.59 Å². The maximum atomic E-state index is 12.6. The van der Waals surface area contributed by atoms with Crippen molar-refractivity contribution in [3.05, 3.63) is 44.6 Å². The molecule has 0 fully saturated rings. The zero-order chi connectivity index (χ0) is 26.5. The predicted octanol–water partition coefficient (Wildman–Crippen LogP) is 3.94. The van der Waals surface area contributed by atoms with Crippen molar-refractivity contribution in [3.8, 4) is 0 Å². The number of thioether (sulfide) groups is 1. The Morgan fingerprint density at radius 3 is 2.54 bits per heavy atom. The molecule has 12 heteroatoms. The molecule has 37 heavy (non-hydrogen) atoms. The van der Waals surface area contributed by atoms with Crippen molar-refractivity contribution >= 4 is 73.4 Å². The molecule has 2 heterocycles. The van der Waals surface area contributed by atoms with Crippen molar-refractivity contribution in [2.24, 2.45) is 12.0 Å². The summed E-state index contributed by atoms with van der Waals surface area (Å²) in [6.07, 6.45) is 4.88. The standard InChI is InChI=1S/C25H27N3O6S3/c1-28-16-10-9-14(23(31)33-2)11-18(16)37-25(28)27-20(30)13-35-12-19(29)26-22-21(24(32)34-3)15-7-5-4-6-8-17(15)36-22/h9-11H,4-8,12-13H2,1-3H3,(H,26,29). The molecule has 0 unspecified atom stereocenters. The summed E-state index contributed by atoms with van der Waals surface area (Å²) in [6, 6.07) is 5.16. The number of methoxy groups -OCH3 is 2. The Bertz CT molecular complexity index is 1440. The van der Waals surface area contributed by atoms with E-state index < -0.39 is 11.9 Å². The molecule has 0 spiro atoms. The third-order valence-electron chi connectivity index (χ3n) is 5.97. The number of nitrogens with one attached hydrogen (secondary N) is 1. The summed E-state index contributed by atoms with van der Waals surface area (Å²) in [6.45, 7) is 0. The maximum absolute atomic E-state index is 12.6. The number of benzene rings is 1. The SMILES string of the molecule is COC(=O)c1ccc2c(c1)sc(=NC(=O)CSCC(=O)Nc1sc3c(c1C(=O)OC)CCCCC3)n2C. The number of ether oxygens (including phenoxy) is 2. The molecule has 0 saturated heterocycles. The smallest absolute Gasteiger partial charge is 0.341 e. The second-order valence-corrected chi connectivity index (χ2v) is 11.5. The van der Waals surface area contributed by atoms with Crippen LogP contribution in [0.25, 0.3) is 10.2 Å². The van der Waals surface area contributed by atoms with Crippen LogP contribution in [0, 0.1) is 0 Å². The minimum atomic E-state index is -0.439. The van der Waals surface area contributed by atoms with E-state index in [1.54, 1.807) is 29.8 Å². The first-order valence-electron chi connectivity index (χ1n) is 11.7. The number of carbonyl (C=O) groups excluding carboxylic acids is 4. The fraction of sp³-hybridized carbons (Fsp3) is 0.400. The van der Waals surface area contributed by atoms with Gasteiger partial charge in [0.05, 0.1) is 47.1 Å². The maximum Gasteiger partial charge on any atom is 0.341 e. The highest BCUT2D eigenvalue weighted by Crippen LogP contribution is 2.38. The molecule has 1 aromatic carbocycles. The highest BCUT2D eigenvalue weighted by Gasteiger charge is 2.26. The lowest BCUT2D eigenvalue weighted by Gasteiger charge is -2.07. The number of nitrogens with zero attached hydrogens (tertiary/aromatic N) is 2. The van der Waals surface area contributed by atoms with Crippen LogP contribution >= 0.6 is 34.4 Å². The van der Waals surface area contributed by atoms with Crippen molar-refractivity contribution < 1.29 is 28.7 Å². The number of thiophene rings is 1. The minimum absolute atomic E-state index is 0.0277. The highest BCUT2D eigenvalue weighted by atomic mass is 32.2. The lowest BCUT2D eigenvalue weighted by Crippen LogP contribution is -2.18. The average Bonchev–Trinajstić information content (AvgIpc) is 3.27. The predicted molar refractivity (Wildman–Crippen MR) is 146 cm³/mol. The largest absolute Gasteiger partial charge is 0.465 e. The third kappa shape index (κ3) is 6.13. The van der Waals surface area contributed by atoms with E-state index in [0.29, 0.717) is 20.9 Å². The molecule has 9 nitrogen and oxygen atoms in total. The van der Waals surface area contributed by atoms with Crippen LogP contribution in [0.5, 0.6) is 0 Å². The topological polar surface area (TPSA) is 116 Å². The first kappa shape index (κ1) is 27.1. The second-order valence-electron chi connectivity index (χ2n) is 8.42. The van der Waals surface area contributed by atoms with Crippen LogP contribution < -0.4 is 10.1 Å². The summed E-state index contributed by atoms with van der Waals surface area (Å²) in [5, 5.41) is 3.37. The number of amides is 2. The molecule has 3 aromatic rings. The summed E-state index contributed by atoms with van der Waals surface area (Å²) in [5.74, 6) is -1.45. The number of aromatic nitrogens is 1. The normalized spacial score (nSPS) is 13.6. The van der Waals surface area contributed by atoms with Gasteiger partial charge in [0.25, 0.3) is 5.91 Å². The van der Waals surface area contributed by atoms with E-state index in [4.69, 9.17) is 9.47 Å². The summed E-state index contributed by atoms with van der Waals surface area (Å²) in [5.41, 5.74) is 2.71. The molecular formula is C25H27N3O6S3. The van der Waals surface area contributed by atoms with Gasteiger partial charge in [-0.3, -0.25) is 9.59 Å². The van der Waals surface area contributed by atoms with Crippen molar-refractivity contribution in [2.75, 3.05) is 31.0 Å². The van der Waals surface area contributed by atoms with Crippen molar-refractivity contribution in [2.45, 2.75) is 32.1 Å². The van der Waals surface area contributed by atoms with Gasteiger partial charge in [-0.05, 0) is 49.4 Å². The summed E-state index contributed by atoms with van der Waals surface area (Å²) in [4.78, 5) is 55.2. The molecule has 196 valence electrons. The highest BCUT2D eigenvalue weighted by molar-refractivity contribution is 8.00. The number of hydrogen-bond donors (Lipinski definition) is 1. The average molecular weight is 562 g/mol. The van der Waals surface area contributed by atoms with Gasteiger partial charge in [0.1, 0.15) is 5.00 Å². The lowest BCUT2D eigenvalue weighted by atomic mass is 10.1. The first-order valence-corrected chi connectivity index (χ1v) is 14.5. The zero-order valence-corrected chi connectivity index (χ0v) is 23.2. The van der Waals surface area contributed by atoms with Gasteiger partial charge in [-0.15, -0.1) is 23.1 Å². The summed E-state index contributed by atoms with van der Waals surface area (Å²) >= 11 is 3.89. The molecule has 1 aliphatic rings. The van der Waals surface area contributed by atoms with E-state index in [-0.39, 0.29) is 23.3 Å². The monoisotopic (exact) mass is 561 g/mol. The van der Waals surface area contributed by atoms with Crippen molar-refractivity contribution in [1.82, 2.24) is 4.57 Å². The molecule has 0 bridgehead atoms. The number of fused-ring (bicyclic) bond motifs is 2. The number of esters is 2. The molecule has 2 amide bonds. The Kier molecular flexibility index (Phi) is 8.83. The van der Waals surface area contributed by atoms with Gasteiger partial charge in [0, 0.05) is 11.9 Å². The Labute approximate surface area is 225 Å². The van der Waals surface area contributed by atoms with E-state index in [1.165, 1.54) is 36.9 Å². The Morgan fingerprint density at radius 2 is 1.78 bits per heavy atom.